The van der Waals surface area contributed by atoms with Gasteiger partial charge in [0.1, 0.15) is 10.7 Å². The summed E-state index contributed by atoms with van der Waals surface area (Å²) in [6.07, 6.45) is 1.01. The average Bonchev–Trinajstić information content (AvgIpc) is 2.66. The first-order valence-electron chi connectivity index (χ1n) is 6.21. The zero-order valence-electron chi connectivity index (χ0n) is 11.5. The van der Waals surface area contributed by atoms with Crippen LogP contribution in [0.4, 0.5) is 10.9 Å². The summed E-state index contributed by atoms with van der Waals surface area (Å²) in [4.78, 5) is 18.6. The second-order valence-electron chi connectivity index (χ2n) is 4.74. The van der Waals surface area contributed by atoms with E-state index in [-0.39, 0.29) is 5.91 Å². The number of amides is 1. The van der Waals surface area contributed by atoms with Crippen LogP contribution < -0.4 is 11.1 Å². The van der Waals surface area contributed by atoms with Crippen LogP contribution >= 0.6 is 11.3 Å². The second-order valence-corrected chi connectivity index (χ2v) is 5.74. The smallest absolute Gasteiger partial charge is 0.267 e. The van der Waals surface area contributed by atoms with Crippen LogP contribution in [0.5, 0.6) is 0 Å². The number of thiazole rings is 1. The quantitative estimate of drug-likeness (QED) is 0.832. The van der Waals surface area contributed by atoms with Gasteiger partial charge in [-0.1, -0.05) is 32.1 Å². The molecule has 0 saturated carbocycles. The number of nitrogens with one attached hydrogen (secondary N) is 1. The highest BCUT2D eigenvalue weighted by molar-refractivity contribution is 7.18. The molecule has 1 heterocycles. The van der Waals surface area contributed by atoms with Crippen molar-refractivity contribution >= 4 is 28.2 Å². The van der Waals surface area contributed by atoms with Gasteiger partial charge in [0, 0.05) is 20.1 Å². The molecule has 5 nitrogen and oxygen atoms in total. The van der Waals surface area contributed by atoms with E-state index in [0.717, 1.165) is 18.1 Å². The Morgan fingerprint density at radius 1 is 1.56 bits per heavy atom. The van der Waals surface area contributed by atoms with Gasteiger partial charge in [-0.2, -0.15) is 0 Å². The van der Waals surface area contributed by atoms with E-state index in [1.165, 1.54) is 11.3 Å². The molecule has 0 bridgehead atoms. The summed E-state index contributed by atoms with van der Waals surface area (Å²) < 4.78 is 0. The van der Waals surface area contributed by atoms with Gasteiger partial charge in [0.2, 0.25) is 0 Å². The Balaban J connectivity index is 2.76. The maximum Gasteiger partial charge on any atom is 0.267 e. The van der Waals surface area contributed by atoms with Gasteiger partial charge in [0.15, 0.2) is 5.13 Å². The van der Waals surface area contributed by atoms with Gasteiger partial charge in [0.05, 0.1) is 0 Å². The molecule has 1 amide bonds. The minimum absolute atomic E-state index is 0.0525. The Labute approximate surface area is 112 Å². The molecule has 0 aliphatic carbocycles. The number of carbonyl (C=O) groups excluding carboxylic acids is 1. The Morgan fingerprint density at radius 2 is 2.22 bits per heavy atom. The van der Waals surface area contributed by atoms with Crippen LogP contribution in [0.2, 0.25) is 0 Å². The van der Waals surface area contributed by atoms with Crippen LogP contribution in [-0.4, -0.2) is 35.9 Å². The standard InChI is InChI=1S/C12H22N4OS/c1-5-6-14-12-15-10(13)9(18-12)11(17)16(4)7-8(2)3/h8H,5-7,13H2,1-4H3,(H,14,15). The largest absolute Gasteiger partial charge is 0.382 e. The van der Waals surface area contributed by atoms with E-state index in [2.05, 4.69) is 31.1 Å². The highest BCUT2D eigenvalue weighted by Crippen LogP contribution is 2.26. The highest BCUT2D eigenvalue weighted by Gasteiger charge is 2.20. The van der Waals surface area contributed by atoms with Crippen LogP contribution in [-0.2, 0) is 0 Å². The highest BCUT2D eigenvalue weighted by atomic mass is 32.1. The SMILES string of the molecule is CCCNc1nc(N)c(C(=O)N(C)CC(C)C)s1. The predicted molar refractivity (Wildman–Crippen MR) is 77.1 cm³/mol. The van der Waals surface area contributed by atoms with Crippen molar-refractivity contribution in [3.05, 3.63) is 4.88 Å². The molecule has 0 spiro atoms. The molecule has 0 radical (unpaired) electrons. The van der Waals surface area contributed by atoms with Crippen LogP contribution in [0.3, 0.4) is 0 Å². The van der Waals surface area contributed by atoms with E-state index in [4.69, 9.17) is 5.73 Å². The molecule has 6 heteroatoms. The van der Waals surface area contributed by atoms with E-state index < -0.39 is 0 Å². The number of nitrogens with zero attached hydrogens (tertiary/aromatic N) is 2. The summed E-state index contributed by atoms with van der Waals surface area (Å²) >= 11 is 1.32. The first kappa shape index (κ1) is 14.8. The molecule has 18 heavy (non-hydrogen) atoms. The molecular weight excluding hydrogens is 248 g/mol. The summed E-state index contributed by atoms with van der Waals surface area (Å²) in [6, 6.07) is 0. The molecule has 3 N–H and O–H groups in total. The monoisotopic (exact) mass is 270 g/mol. The number of anilines is 2. The van der Waals surface area contributed by atoms with Crippen LogP contribution in [0.25, 0.3) is 0 Å². The molecule has 0 aliphatic heterocycles. The molecule has 0 unspecified atom stereocenters. The van der Waals surface area contributed by atoms with E-state index in [1.807, 2.05) is 0 Å². The van der Waals surface area contributed by atoms with Gasteiger partial charge in [0.25, 0.3) is 5.91 Å². The summed E-state index contributed by atoms with van der Waals surface area (Å²) in [5.74, 6) is 0.702. The Hall–Kier alpha value is -1.30. The third-order valence-electron chi connectivity index (χ3n) is 2.36. The lowest BCUT2D eigenvalue weighted by Crippen LogP contribution is -2.30. The van der Waals surface area contributed by atoms with Crippen molar-refractivity contribution in [3.63, 3.8) is 0 Å². The number of hydrogen-bond donors (Lipinski definition) is 2. The maximum atomic E-state index is 12.2. The minimum atomic E-state index is -0.0525. The summed E-state index contributed by atoms with van der Waals surface area (Å²) in [5.41, 5.74) is 5.79. The number of rotatable bonds is 6. The lowest BCUT2D eigenvalue weighted by molar-refractivity contribution is 0.0784. The van der Waals surface area contributed by atoms with Gasteiger partial charge in [-0.05, 0) is 12.3 Å². The fourth-order valence-electron chi connectivity index (χ4n) is 1.60. The van der Waals surface area contributed by atoms with E-state index in [9.17, 15) is 4.79 Å². The number of nitrogens with two attached hydrogens (primary N) is 1. The van der Waals surface area contributed by atoms with Crippen molar-refractivity contribution in [3.8, 4) is 0 Å². The van der Waals surface area contributed by atoms with Crippen LogP contribution in [0.15, 0.2) is 0 Å². The van der Waals surface area contributed by atoms with E-state index >= 15 is 0 Å². The second kappa shape index (κ2) is 6.58. The van der Waals surface area contributed by atoms with Gasteiger partial charge in [-0.15, -0.1) is 0 Å². The van der Waals surface area contributed by atoms with Crippen molar-refractivity contribution < 1.29 is 4.79 Å². The molecule has 0 saturated heterocycles. The van der Waals surface area contributed by atoms with Gasteiger partial charge >= 0.3 is 0 Å². The van der Waals surface area contributed by atoms with Crippen LogP contribution in [0.1, 0.15) is 36.9 Å². The number of hydrogen-bond acceptors (Lipinski definition) is 5. The molecule has 1 rings (SSSR count). The number of aromatic nitrogens is 1. The molecular formula is C12H22N4OS. The van der Waals surface area contributed by atoms with Gasteiger partial charge in [-0.3, -0.25) is 4.79 Å². The van der Waals surface area contributed by atoms with E-state index in [0.29, 0.717) is 23.2 Å². The lowest BCUT2D eigenvalue weighted by Gasteiger charge is -2.18. The summed E-state index contributed by atoms with van der Waals surface area (Å²) in [7, 11) is 1.79. The first-order chi connectivity index (χ1) is 8.45. The zero-order valence-corrected chi connectivity index (χ0v) is 12.3. The summed E-state index contributed by atoms with van der Waals surface area (Å²) in [5, 5.41) is 3.86. The molecule has 1 aromatic rings. The van der Waals surface area contributed by atoms with E-state index in [1.54, 1.807) is 11.9 Å². The Kier molecular flexibility index (Phi) is 5.40. The molecule has 0 aromatic carbocycles. The molecule has 0 atom stereocenters. The fourth-order valence-corrected chi connectivity index (χ4v) is 2.50. The predicted octanol–water partition coefficient (Wildman–Crippen LogP) is 2.28. The van der Waals surface area contributed by atoms with Crippen molar-refractivity contribution in [2.24, 2.45) is 5.92 Å². The average molecular weight is 270 g/mol. The Bertz CT molecular complexity index is 403. The van der Waals surface area contributed by atoms with Gasteiger partial charge in [-0.25, -0.2) is 4.98 Å². The maximum absolute atomic E-state index is 12.2. The third-order valence-corrected chi connectivity index (χ3v) is 3.38. The van der Waals surface area contributed by atoms with Crippen molar-refractivity contribution in [2.75, 3.05) is 31.2 Å². The molecule has 1 aromatic heterocycles. The Morgan fingerprint density at radius 3 is 2.78 bits per heavy atom. The summed E-state index contributed by atoms with van der Waals surface area (Å²) in [6.45, 7) is 7.78. The normalized spacial score (nSPS) is 10.7. The van der Waals surface area contributed by atoms with Crippen molar-refractivity contribution in [1.82, 2.24) is 9.88 Å². The minimum Gasteiger partial charge on any atom is -0.382 e. The fraction of sp³-hybridized carbons (Fsp3) is 0.667. The molecule has 0 fully saturated rings. The number of nitrogen functional groups attached to an aromatic ring is 1. The van der Waals surface area contributed by atoms with Crippen molar-refractivity contribution in [2.45, 2.75) is 27.2 Å². The van der Waals surface area contributed by atoms with Crippen LogP contribution in [0, 0.1) is 5.92 Å². The lowest BCUT2D eigenvalue weighted by atomic mass is 10.2. The zero-order chi connectivity index (χ0) is 13.7. The first-order valence-corrected chi connectivity index (χ1v) is 7.03. The molecule has 102 valence electrons. The molecule has 0 aliphatic rings. The van der Waals surface area contributed by atoms with Crippen molar-refractivity contribution in [1.29, 1.82) is 0 Å². The number of carbonyl (C=O) groups is 1. The topological polar surface area (TPSA) is 71.2 Å². The van der Waals surface area contributed by atoms with Gasteiger partial charge < -0.3 is 16.0 Å². The third kappa shape index (κ3) is 3.87.